The fourth-order valence-electron chi connectivity index (χ4n) is 1.57. The first-order valence-electron chi connectivity index (χ1n) is 5.65. The van der Waals surface area contributed by atoms with Gasteiger partial charge in [-0.1, -0.05) is 17.7 Å². The van der Waals surface area contributed by atoms with E-state index >= 15 is 0 Å². The summed E-state index contributed by atoms with van der Waals surface area (Å²) in [6.45, 7) is 1.70. The molecule has 0 fully saturated rings. The van der Waals surface area contributed by atoms with Gasteiger partial charge in [0.05, 0.1) is 7.11 Å². The van der Waals surface area contributed by atoms with Crippen LogP contribution in [0.2, 0.25) is 5.15 Å². The summed E-state index contributed by atoms with van der Waals surface area (Å²) >= 11 is 5.77. The number of benzene rings is 1. The normalized spacial score (nSPS) is 10.2. The zero-order valence-electron chi connectivity index (χ0n) is 10.8. The molecule has 1 aromatic carbocycles. The molecule has 7 heteroatoms. The average molecular weight is 296 g/mol. The smallest absolute Gasteiger partial charge is 0.258 e. The zero-order valence-corrected chi connectivity index (χ0v) is 11.5. The Hall–Kier alpha value is -2.21. The monoisotopic (exact) mass is 295 g/mol. The lowest BCUT2D eigenvalue weighted by molar-refractivity contribution is 0.102. The molecule has 104 valence electrons. The molecule has 0 bridgehead atoms. The molecule has 1 aromatic heterocycles. The number of carbonyl (C=O) groups is 1. The minimum Gasteiger partial charge on any atom is -0.481 e. The lowest BCUT2D eigenvalue weighted by atomic mass is 10.1. The van der Waals surface area contributed by atoms with Crippen molar-refractivity contribution in [3.8, 4) is 5.88 Å². The molecule has 20 heavy (non-hydrogen) atoms. The molecule has 5 nitrogen and oxygen atoms in total. The van der Waals surface area contributed by atoms with Crippen LogP contribution in [0.15, 0.2) is 24.3 Å². The molecule has 0 aliphatic rings. The third-order valence-electron chi connectivity index (χ3n) is 2.55. The third-order valence-corrected chi connectivity index (χ3v) is 2.74. The fourth-order valence-corrected chi connectivity index (χ4v) is 1.74. The van der Waals surface area contributed by atoms with Crippen LogP contribution in [0, 0.1) is 12.7 Å². The van der Waals surface area contributed by atoms with Crippen molar-refractivity contribution in [3.63, 3.8) is 0 Å². The minimum absolute atomic E-state index is 0.0111. The van der Waals surface area contributed by atoms with E-state index in [9.17, 15) is 9.18 Å². The molecular weight excluding hydrogens is 285 g/mol. The van der Waals surface area contributed by atoms with Crippen LogP contribution in [-0.4, -0.2) is 23.0 Å². The Morgan fingerprint density at radius 1 is 1.35 bits per heavy atom. The number of carbonyl (C=O) groups excluding carboxylic acids is 1. The van der Waals surface area contributed by atoms with Crippen molar-refractivity contribution >= 4 is 23.5 Å². The van der Waals surface area contributed by atoms with Gasteiger partial charge in [-0.05, 0) is 24.6 Å². The van der Waals surface area contributed by atoms with Crippen LogP contribution in [0.1, 0.15) is 15.9 Å². The lowest BCUT2D eigenvalue weighted by Crippen LogP contribution is -2.16. The van der Waals surface area contributed by atoms with E-state index in [2.05, 4.69) is 15.3 Å². The highest BCUT2D eigenvalue weighted by Gasteiger charge is 2.13. The zero-order chi connectivity index (χ0) is 14.7. The first-order chi connectivity index (χ1) is 9.49. The van der Waals surface area contributed by atoms with Crippen molar-refractivity contribution in [3.05, 3.63) is 46.4 Å². The van der Waals surface area contributed by atoms with Crippen LogP contribution < -0.4 is 10.1 Å². The van der Waals surface area contributed by atoms with E-state index in [4.69, 9.17) is 16.3 Å². The number of ether oxygens (including phenoxy) is 1. The van der Waals surface area contributed by atoms with Gasteiger partial charge < -0.3 is 4.74 Å². The summed E-state index contributed by atoms with van der Waals surface area (Å²) < 4.78 is 18.1. The van der Waals surface area contributed by atoms with E-state index in [0.717, 1.165) is 6.07 Å². The maximum atomic E-state index is 13.2. The molecule has 1 heterocycles. The second-order valence-corrected chi connectivity index (χ2v) is 4.36. The van der Waals surface area contributed by atoms with E-state index in [1.54, 1.807) is 6.92 Å². The summed E-state index contributed by atoms with van der Waals surface area (Å²) in [7, 11) is 1.42. The molecule has 0 atom stereocenters. The van der Waals surface area contributed by atoms with Gasteiger partial charge in [0.2, 0.25) is 11.8 Å². The molecule has 0 aliphatic carbocycles. The molecule has 0 radical (unpaired) electrons. The van der Waals surface area contributed by atoms with Gasteiger partial charge in [0.15, 0.2) is 0 Å². The van der Waals surface area contributed by atoms with Gasteiger partial charge in [0, 0.05) is 11.6 Å². The molecular formula is C13H11ClFN3O2. The SMILES string of the molecule is COc1cc(Cl)nc(NC(=O)c2cc(F)ccc2C)n1. The van der Waals surface area contributed by atoms with Crippen LogP contribution in [-0.2, 0) is 0 Å². The highest BCUT2D eigenvalue weighted by molar-refractivity contribution is 6.29. The maximum absolute atomic E-state index is 13.2. The molecule has 0 spiro atoms. The predicted molar refractivity (Wildman–Crippen MR) is 72.7 cm³/mol. The standard InChI is InChI=1S/C13H11ClFN3O2/c1-7-3-4-8(15)5-9(7)12(19)18-13-16-10(14)6-11(17-13)20-2/h3-6H,1-2H3,(H,16,17,18,19). The van der Waals surface area contributed by atoms with E-state index in [-0.39, 0.29) is 22.5 Å². The van der Waals surface area contributed by atoms with Crippen molar-refractivity contribution in [2.24, 2.45) is 0 Å². The van der Waals surface area contributed by atoms with Gasteiger partial charge in [-0.25, -0.2) is 9.37 Å². The first-order valence-corrected chi connectivity index (χ1v) is 6.03. The second kappa shape index (κ2) is 5.83. The summed E-state index contributed by atoms with van der Waals surface area (Å²) in [5, 5.41) is 2.58. The third kappa shape index (κ3) is 3.21. The van der Waals surface area contributed by atoms with E-state index in [1.165, 1.54) is 25.3 Å². The number of nitrogens with zero attached hydrogens (tertiary/aromatic N) is 2. The maximum Gasteiger partial charge on any atom is 0.258 e. The molecule has 0 saturated heterocycles. The Bertz CT molecular complexity index is 664. The number of aryl methyl sites for hydroxylation is 1. The summed E-state index contributed by atoms with van der Waals surface area (Å²) in [6, 6.07) is 5.35. The number of hydrogen-bond acceptors (Lipinski definition) is 4. The van der Waals surface area contributed by atoms with Gasteiger partial charge in [0.25, 0.3) is 5.91 Å². The van der Waals surface area contributed by atoms with Crippen LogP contribution in [0.4, 0.5) is 10.3 Å². The number of rotatable bonds is 3. The Balaban J connectivity index is 2.27. The molecule has 1 amide bonds. The molecule has 1 N–H and O–H groups in total. The quantitative estimate of drug-likeness (QED) is 0.884. The van der Waals surface area contributed by atoms with Crippen LogP contribution >= 0.6 is 11.6 Å². The van der Waals surface area contributed by atoms with Gasteiger partial charge in [-0.3, -0.25) is 10.1 Å². The minimum atomic E-state index is -0.522. The lowest BCUT2D eigenvalue weighted by Gasteiger charge is -2.08. The largest absolute Gasteiger partial charge is 0.481 e. The Labute approximate surface area is 119 Å². The number of methoxy groups -OCH3 is 1. The summed E-state index contributed by atoms with van der Waals surface area (Å²) in [5.41, 5.74) is 0.838. The predicted octanol–water partition coefficient (Wildman–Crippen LogP) is 2.84. The van der Waals surface area contributed by atoms with Crippen molar-refractivity contribution < 1.29 is 13.9 Å². The molecule has 0 saturated carbocycles. The van der Waals surface area contributed by atoms with Crippen molar-refractivity contribution in [2.45, 2.75) is 6.92 Å². The highest BCUT2D eigenvalue weighted by Crippen LogP contribution is 2.17. The number of aromatic nitrogens is 2. The van der Waals surface area contributed by atoms with E-state index in [1.807, 2.05) is 0 Å². The number of anilines is 1. The van der Waals surface area contributed by atoms with Crippen molar-refractivity contribution in [2.75, 3.05) is 12.4 Å². The first kappa shape index (κ1) is 14.2. The van der Waals surface area contributed by atoms with Gasteiger partial charge in [-0.15, -0.1) is 0 Å². The average Bonchev–Trinajstić information content (AvgIpc) is 2.40. The number of halogens is 2. The summed E-state index contributed by atoms with van der Waals surface area (Å²) in [4.78, 5) is 19.8. The van der Waals surface area contributed by atoms with Gasteiger partial charge >= 0.3 is 0 Å². The van der Waals surface area contributed by atoms with Crippen LogP contribution in [0.25, 0.3) is 0 Å². The van der Waals surface area contributed by atoms with Crippen molar-refractivity contribution in [1.29, 1.82) is 0 Å². The van der Waals surface area contributed by atoms with Crippen molar-refractivity contribution in [1.82, 2.24) is 9.97 Å². The van der Waals surface area contributed by atoms with Gasteiger partial charge in [-0.2, -0.15) is 4.98 Å². The number of hydrogen-bond donors (Lipinski definition) is 1. The van der Waals surface area contributed by atoms with E-state index in [0.29, 0.717) is 5.56 Å². The topological polar surface area (TPSA) is 64.1 Å². The second-order valence-electron chi connectivity index (χ2n) is 3.97. The van der Waals surface area contributed by atoms with Crippen LogP contribution in [0.5, 0.6) is 5.88 Å². The fraction of sp³-hybridized carbons (Fsp3) is 0.154. The number of nitrogens with one attached hydrogen (secondary N) is 1. The summed E-state index contributed by atoms with van der Waals surface area (Å²) in [6.07, 6.45) is 0. The molecule has 2 rings (SSSR count). The van der Waals surface area contributed by atoms with Crippen LogP contribution in [0.3, 0.4) is 0 Å². The Morgan fingerprint density at radius 3 is 2.80 bits per heavy atom. The molecule has 2 aromatic rings. The number of amides is 1. The van der Waals surface area contributed by atoms with Gasteiger partial charge in [0.1, 0.15) is 11.0 Å². The van der Waals surface area contributed by atoms with E-state index < -0.39 is 11.7 Å². The Kier molecular flexibility index (Phi) is 4.14. The Morgan fingerprint density at radius 2 is 2.10 bits per heavy atom. The molecule has 0 aliphatic heterocycles. The highest BCUT2D eigenvalue weighted by atomic mass is 35.5. The molecule has 0 unspecified atom stereocenters. The summed E-state index contributed by atoms with van der Waals surface area (Å²) in [5.74, 6) is -0.809.